The molecule has 0 unspecified atom stereocenters. The maximum absolute atomic E-state index is 11.5. The molecule has 3 aromatic carbocycles. The van der Waals surface area contributed by atoms with Crippen LogP contribution in [0.5, 0.6) is 0 Å². The number of aryl methyl sites for hydroxylation is 1. The number of esters is 1. The van der Waals surface area contributed by atoms with Crippen LogP contribution >= 0.6 is 0 Å². The van der Waals surface area contributed by atoms with Gasteiger partial charge in [-0.1, -0.05) is 116 Å². The average Bonchev–Trinajstić information content (AvgIpc) is 3.08. The standard InChI is InChI=1S/C17H18O5.C13H14.C6H12.C2H6.CH4.H4N2/c1-12(19)14-7-6-13(15(10-14)11-18)4-3-5-16(20)8-9-17(21)22-2;1-10(2)12-9-5-7-11-6-3-4-8-13(11)12;1-3-5-6-4-2;1-2;;1-2/h6-11H,3-5H2,1-2H3;3-10H,1-2H3;3H,1,4-6H2,2H3;1-2H3;1H4;1-2H2/b9-8+;;;;;. The van der Waals surface area contributed by atoms with Gasteiger partial charge in [0.05, 0.1) is 7.11 Å². The number of hydrogen-bond donors (Lipinski definition) is 2. The molecule has 3 aromatic rings. The lowest BCUT2D eigenvalue weighted by Gasteiger charge is -2.08. The highest BCUT2D eigenvalue weighted by Gasteiger charge is 2.07. The predicted octanol–water partition coefficient (Wildman–Crippen LogP) is 9.13. The molecule has 0 atom stereocenters. The fourth-order valence-corrected chi connectivity index (χ4v) is 4.02. The van der Waals surface area contributed by atoms with Crippen LogP contribution in [-0.2, 0) is 20.7 Å². The van der Waals surface area contributed by atoms with Gasteiger partial charge in [0, 0.05) is 23.6 Å². The van der Waals surface area contributed by atoms with Crippen molar-refractivity contribution in [3.05, 3.63) is 108 Å². The number of nitrogens with two attached hydrogens (primary N) is 2. The van der Waals surface area contributed by atoms with E-state index in [0.29, 0.717) is 36.2 Å². The SMILES string of the molecule is C.C=CCCCC.CC.CC(C)c1cccc2ccccc12.COC(=O)/C=C/C(=O)CCCc1ccc(C(C)=O)cc1C=O.NN. The van der Waals surface area contributed by atoms with Gasteiger partial charge >= 0.3 is 5.97 Å². The van der Waals surface area contributed by atoms with Crippen LogP contribution in [0.2, 0.25) is 0 Å². The number of fused-ring (bicyclic) bond motifs is 1. The normalized spacial score (nSPS) is 9.43. The Morgan fingerprint density at radius 3 is 2.09 bits per heavy atom. The lowest BCUT2D eigenvalue weighted by atomic mass is 9.96. The fourth-order valence-electron chi connectivity index (χ4n) is 4.02. The largest absolute Gasteiger partial charge is 0.466 e. The van der Waals surface area contributed by atoms with Gasteiger partial charge in [0.2, 0.25) is 0 Å². The van der Waals surface area contributed by atoms with Crippen molar-refractivity contribution in [3.8, 4) is 0 Å². The van der Waals surface area contributed by atoms with Crippen LogP contribution in [-0.4, -0.2) is 30.9 Å². The van der Waals surface area contributed by atoms with Crippen LogP contribution < -0.4 is 11.7 Å². The molecular formula is C39H58N2O5. The van der Waals surface area contributed by atoms with E-state index in [1.165, 1.54) is 55.7 Å². The third-order valence-electron chi connectivity index (χ3n) is 6.36. The first kappa shape index (κ1) is 46.2. The zero-order chi connectivity index (χ0) is 34.6. The number of aldehydes is 1. The summed E-state index contributed by atoms with van der Waals surface area (Å²) < 4.78 is 4.39. The number of Topliss-reactive ketones (excluding diaryl/α,β-unsaturated/α-hetero) is 1. The summed E-state index contributed by atoms with van der Waals surface area (Å²) in [4.78, 5) is 44.7. The number of carbonyl (C=O) groups excluding carboxylic acids is 4. The molecule has 7 heteroatoms. The summed E-state index contributed by atoms with van der Waals surface area (Å²) >= 11 is 0. The van der Waals surface area contributed by atoms with Crippen LogP contribution in [0.4, 0.5) is 0 Å². The molecule has 0 fully saturated rings. The molecule has 0 amide bonds. The molecule has 0 radical (unpaired) electrons. The van der Waals surface area contributed by atoms with Gasteiger partial charge < -0.3 is 4.74 Å². The highest BCUT2D eigenvalue weighted by molar-refractivity contribution is 5.96. The molecule has 3 rings (SSSR count). The minimum absolute atomic E-state index is 0. The van der Waals surface area contributed by atoms with E-state index < -0.39 is 5.97 Å². The summed E-state index contributed by atoms with van der Waals surface area (Å²) in [5, 5.41) is 2.73. The first-order valence-corrected chi connectivity index (χ1v) is 15.5. The Kier molecular flexibility index (Phi) is 29.6. The molecule has 7 nitrogen and oxygen atoms in total. The first-order chi connectivity index (χ1) is 21.7. The zero-order valence-corrected chi connectivity index (χ0v) is 28.3. The summed E-state index contributed by atoms with van der Waals surface area (Å²) in [6, 6.07) is 20.0. The van der Waals surface area contributed by atoms with Crippen molar-refractivity contribution in [1.29, 1.82) is 0 Å². The van der Waals surface area contributed by atoms with E-state index in [0.717, 1.165) is 11.6 Å². The number of rotatable bonds is 12. The van der Waals surface area contributed by atoms with Crippen LogP contribution in [0.3, 0.4) is 0 Å². The Morgan fingerprint density at radius 1 is 0.935 bits per heavy atom. The molecule has 0 aromatic heterocycles. The molecule has 0 aliphatic carbocycles. The highest BCUT2D eigenvalue weighted by Crippen LogP contribution is 2.24. The number of hydrogen-bond acceptors (Lipinski definition) is 7. The summed E-state index contributed by atoms with van der Waals surface area (Å²) in [5.74, 6) is 7.75. The van der Waals surface area contributed by atoms with Crippen molar-refractivity contribution in [2.75, 3.05) is 7.11 Å². The Balaban J connectivity index is -0.000000650. The Hall–Kier alpha value is -4.20. The van der Waals surface area contributed by atoms with Gasteiger partial charge in [-0.15, -0.1) is 6.58 Å². The smallest absolute Gasteiger partial charge is 0.330 e. The number of hydrazine groups is 1. The molecule has 0 spiro atoms. The number of unbranched alkanes of at least 4 members (excludes halogenated alkanes) is 2. The number of ether oxygens (including phenoxy) is 1. The Morgan fingerprint density at radius 2 is 1.57 bits per heavy atom. The first-order valence-electron chi connectivity index (χ1n) is 15.5. The lowest BCUT2D eigenvalue weighted by Crippen LogP contribution is -2.02. The maximum atomic E-state index is 11.5. The van der Waals surface area contributed by atoms with Crippen molar-refractivity contribution in [3.63, 3.8) is 0 Å². The quantitative estimate of drug-likeness (QED) is 0.0297. The second kappa shape index (κ2) is 29.5. The van der Waals surface area contributed by atoms with Gasteiger partial charge in [-0.2, -0.15) is 0 Å². The van der Waals surface area contributed by atoms with Crippen LogP contribution in [0.15, 0.2) is 85.5 Å². The maximum Gasteiger partial charge on any atom is 0.330 e. The van der Waals surface area contributed by atoms with E-state index in [1.54, 1.807) is 18.2 Å². The average molecular weight is 635 g/mol. The summed E-state index contributed by atoms with van der Waals surface area (Å²) in [6.07, 6.45) is 10.1. The van der Waals surface area contributed by atoms with Crippen molar-refractivity contribution >= 4 is 34.6 Å². The third-order valence-corrected chi connectivity index (χ3v) is 6.36. The van der Waals surface area contributed by atoms with Crippen molar-refractivity contribution < 1.29 is 23.9 Å². The molecule has 0 heterocycles. The van der Waals surface area contributed by atoms with E-state index >= 15 is 0 Å². The summed E-state index contributed by atoms with van der Waals surface area (Å²) in [6.45, 7) is 15.7. The van der Waals surface area contributed by atoms with E-state index in [-0.39, 0.29) is 25.4 Å². The topological polar surface area (TPSA) is 130 Å². The van der Waals surface area contributed by atoms with Gasteiger partial charge in [-0.3, -0.25) is 26.1 Å². The van der Waals surface area contributed by atoms with Gasteiger partial charge in [-0.05, 0) is 66.1 Å². The van der Waals surface area contributed by atoms with Crippen molar-refractivity contribution in [2.24, 2.45) is 11.7 Å². The number of benzene rings is 3. The predicted molar refractivity (Wildman–Crippen MR) is 195 cm³/mol. The third kappa shape index (κ3) is 19.2. The van der Waals surface area contributed by atoms with Crippen LogP contribution in [0.1, 0.15) is 119 Å². The zero-order valence-electron chi connectivity index (χ0n) is 28.3. The van der Waals surface area contributed by atoms with Crippen molar-refractivity contribution in [1.82, 2.24) is 0 Å². The monoisotopic (exact) mass is 634 g/mol. The number of methoxy groups -OCH3 is 1. The number of allylic oxidation sites excluding steroid dienone is 2. The fraction of sp³-hybridized carbons (Fsp3) is 0.385. The molecular weight excluding hydrogens is 576 g/mol. The molecule has 46 heavy (non-hydrogen) atoms. The molecule has 4 N–H and O–H groups in total. The lowest BCUT2D eigenvalue weighted by molar-refractivity contribution is -0.135. The van der Waals surface area contributed by atoms with E-state index in [9.17, 15) is 19.2 Å². The highest BCUT2D eigenvalue weighted by atomic mass is 16.5. The van der Waals surface area contributed by atoms with E-state index in [4.69, 9.17) is 0 Å². The second-order valence-electron chi connectivity index (χ2n) is 9.92. The van der Waals surface area contributed by atoms with Gasteiger partial charge in [-0.25, -0.2) is 4.79 Å². The van der Waals surface area contributed by atoms with E-state index in [2.05, 4.69) is 86.2 Å². The number of carbonyl (C=O) groups is 4. The minimum Gasteiger partial charge on any atom is -0.466 e. The number of ketones is 2. The van der Waals surface area contributed by atoms with Crippen LogP contribution in [0, 0.1) is 0 Å². The molecule has 0 saturated heterocycles. The molecule has 0 bridgehead atoms. The molecule has 0 saturated carbocycles. The van der Waals surface area contributed by atoms with Gasteiger partial charge in [0.15, 0.2) is 11.6 Å². The van der Waals surface area contributed by atoms with Gasteiger partial charge in [0.25, 0.3) is 0 Å². The minimum atomic E-state index is -0.573. The molecule has 0 aliphatic rings. The van der Waals surface area contributed by atoms with Gasteiger partial charge in [0.1, 0.15) is 6.29 Å². The molecule has 0 aliphatic heterocycles. The van der Waals surface area contributed by atoms with Crippen LogP contribution in [0.25, 0.3) is 10.8 Å². The Labute approximate surface area is 278 Å². The second-order valence-corrected chi connectivity index (χ2v) is 9.92. The summed E-state index contributed by atoms with van der Waals surface area (Å²) in [7, 11) is 1.24. The summed E-state index contributed by atoms with van der Waals surface area (Å²) in [5.41, 5.74) is 3.19. The van der Waals surface area contributed by atoms with Crippen molar-refractivity contribution in [2.45, 2.75) is 93.4 Å². The molecule has 254 valence electrons. The Bertz CT molecular complexity index is 1320. The van der Waals surface area contributed by atoms with E-state index in [1.807, 2.05) is 19.9 Å².